The van der Waals surface area contributed by atoms with Crippen molar-refractivity contribution in [1.29, 1.82) is 0 Å². The number of carbonyl (C=O) groups excluding carboxylic acids is 1. The van der Waals surface area contributed by atoms with Crippen molar-refractivity contribution in [2.75, 3.05) is 49.6 Å². The fourth-order valence-electron chi connectivity index (χ4n) is 3.52. The Kier molecular flexibility index (Phi) is 6.48. The fourth-order valence-corrected chi connectivity index (χ4v) is 3.52. The predicted octanol–water partition coefficient (Wildman–Crippen LogP) is 2.89. The number of allylic oxidation sites excluding steroid dienone is 1. The number of ether oxygens (including phenoxy) is 1. The minimum absolute atomic E-state index is 0.0555. The molecule has 1 fully saturated rings. The van der Waals surface area contributed by atoms with Crippen LogP contribution in [0.25, 0.3) is 0 Å². The Morgan fingerprint density at radius 2 is 2.04 bits per heavy atom. The van der Waals surface area contributed by atoms with Gasteiger partial charge < -0.3 is 15.0 Å². The summed E-state index contributed by atoms with van der Waals surface area (Å²) in [5, 5.41) is 3.03. The molecule has 0 aromatic heterocycles. The van der Waals surface area contributed by atoms with E-state index in [2.05, 4.69) is 46.3 Å². The number of amides is 1. The van der Waals surface area contributed by atoms with Crippen molar-refractivity contribution in [3.63, 3.8) is 0 Å². The molecule has 1 aliphatic heterocycles. The molecule has 3 rings (SSSR count). The van der Waals surface area contributed by atoms with Crippen LogP contribution in [0.2, 0.25) is 0 Å². The quantitative estimate of drug-likeness (QED) is 0.807. The van der Waals surface area contributed by atoms with E-state index in [0.29, 0.717) is 12.6 Å². The standard InChI is InChI=1S/C20H29N3O2/c1-2-22(18-6-4-3-5-7-18)16-20(24)21-17-8-10-19(11-9-17)23-12-14-25-15-13-23/h4,6,8-11,18H,2-3,5,7,12-16H2,1H3,(H,21,24)/t18-/m0/s1. The highest BCUT2D eigenvalue weighted by Gasteiger charge is 2.19. The second kappa shape index (κ2) is 9.02. The van der Waals surface area contributed by atoms with Gasteiger partial charge in [-0.25, -0.2) is 0 Å². The first kappa shape index (κ1) is 18.0. The lowest BCUT2D eigenvalue weighted by Crippen LogP contribution is -2.40. The van der Waals surface area contributed by atoms with Crippen LogP contribution in [0.1, 0.15) is 26.2 Å². The summed E-state index contributed by atoms with van der Waals surface area (Å²) in [5.41, 5.74) is 2.04. The second-order valence-electron chi connectivity index (χ2n) is 6.68. The van der Waals surface area contributed by atoms with Gasteiger partial charge in [0.2, 0.25) is 5.91 Å². The van der Waals surface area contributed by atoms with Crippen LogP contribution >= 0.6 is 0 Å². The van der Waals surface area contributed by atoms with E-state index in [0.717, 1.165) is 51.4 Å². The lowest BCUT2D eigenvalue weighted by atomic mass is 10.0. The first-order chi connectivity index (χ1) is 12.3. The molecule has 0 saturated carbocycles. The first-order valence-electron chi connectivity index (χ1n) is 9.39. The summed E-state index contributed by atoms with van der Waals surface area (Å²) < 4.78 is 5.39. The van der Waals surface area contributed by atoms with Gasteiger partial charge >= 0.3 is 0 Å². The zero-order valence-electron chi connectivity index (χ0n) is 15.1. The zero-order chi connectivity index (χ0) is 17.5. The van der Waals surface area contributed by atoms with Gasteiger partial charge in [-0.2, -0.15) is 0 Å². The maximum absolute atomic E-state index is 12.4. The number of anilines is 2. The summed E-state index contributed by atoms with van der Waals surface area (Å²) in [5.74, 6) is 0.0555. The van der Waals surface area contributed by atoms with Crippen molar-refractivity contribution in [2.24, 2.45) is 0 Å². The van der Waals surface area contributed by atoms with Crippen molar-refractivity contribution in [3.8, 4) is 0 Å². The third-order valence-corrected chi connectivity index (χ3v) is 4.98. The minimum Gasteiger partial charge on any atom is -0.378 e. The SMILES string of the molecule is CCN(CC(=O)Nc1ccc(N2CCOCC2)cc1)[C@H]1C=CCCC1. The van der Waals surface area contributed by atoms with Gasteiger partial charge in [-0.05, 0) is 50.1 Å². The van der Waals surface area contributed by atoms with E-state index in [1.807, 2.05) is 12.1 Å². The van der Waals surface area contributed by atoms with E-state index in [9.17, 15) is 4.79 Å². The molecule has 1 aromatic rings. The average Bonchev–Trinajstić information content (AvgIpc) is 2.68. The second-order valence-corrected chi connectivity index (χ2v) is 6.68. The number of rotatable bonds is 6. The zero-order valence-corrected chi connectivity index (χ0v) is 15.1. The van der Waals surface area contributed by atoms with E-state index in [1.54, 1.807) is 0 Å². The lowest BCUT2D eigenvalue weighted by Gasteiger charge is -2.30. The normalized spacial score (nSPS) is 20.7. The van der Waals surface area contributed by atoms with Crippen molar-refractivity contribution in [3.05, 3.63) is 36.4 Å². The smallest absolute Gasteiger partial charge is 0.238 e. The number of morpholine rings is 1. The third kappa shape index (κ3) is 5.06. The number of benzene rings is 1. The molecule has 1 heterocycles. The molecule has 1 atom stereocenters. The van der Waals surface area contributed by atoms with Crippen molar-refractivity contribution < 1.29 is 9.53 Å². The monoisotopic (exact) mass is 343 g/mol. The van der Waals surface area contributed by atoms with E-state index >= 15 is 0 Å². The van der Waals surface area contributed by atoms with Gasteiger partial charge in [0.1, 0.15) is 0 Å². The number of likely N-dealkylation sites (N-methyl/N-ethyl adjacent to an activating group) is 1. The van der Waals surface area contributed by atoms with Gasteiger partial charge in [-0.3, -0.25) is 9.69 Å². The lowest BCUT2D eigenvalue weighted by molar-refractivity contribution is -0.117. The number of nitrogens with zero attached hydrogens (tertiary/aromatic N) is 2. The van der Waals surface area contributed by atoms with E-state index in [4.69, 9.17) is 4.74 Å². The predicted molar refractivity (Wildman–Crippen MR) is 102 cm³/mol. The molecule has 25 heavy (non-hydrogen) atoms. The van der Waals surface area contributed by atoms with Crippen LogP contribution in [0.5, 0.6) is 0 Å². The molecule has 0 unspecified atom stereocenters. The summed E-state index contributed by atoms with van der Waals surface area (Å²) in [4.78, 5) is 17.0. The fraction of sp³-hybridized carbons (Fsp3) is 0.550. The molecule has 0 spiro atoms. The van der Waals surface area contributed by atoms with Crippen LogP contribution in [-0.2, 0) is 9.53 Å². The molecule has 1 aliphatic carbocycles. The van der Waals surface area contributed by atoms with Gasteiger partial charge in [0.05, 0.1) is 19.8 Å². The van der Waals surface area contributed by atoms with Crippen LogP contribution in [0, 0.1) is 0 Å². The van der Waals surface area contributed by atoms with Crippen LogP contribution < -0.4 is 10.2 Å². The van der Waals surface area contributed by atoms with E-state index in [1.165, 1.54) is 12.1 Å². The molecule has 0 bridgehead atoms. The summed E-state index contributed by atoms with van der Waals surface area (Å²) in [7, 11) is 0. The highest BCUT2D eigenvalue weighted by atomic mass is 16.5. The molecule has 5 nitrogen and oxygen atoms in total. The molecule has 1 amide bonds. The highest BCUT2D eigenvalue weighted by Crippen LogP contribution is 2.20. The Labute approximate surface area is 150 Å². The maximum atomic E-state index is 12.4. The van der Waals surface area contributed by atoms with Crippen LogP contribution in [0.3, 0.4) is 0 Å². The number of carbonyl (C=O) groups is 1. The first-order valence-corrected chi connectivity index (χ1v) is 9.39. The molecule has 1 N–H and O–H groups in total. The van der Waals surface area contributed by atoms with Gasteiger partial charge in [0.15, 0.2) is 0 Å². The Morgan fingerprint density at radius 3 is 2.68 bits per heavy atom. The topological polar surface area (TPSA) is 44.8 Å². The largest absolute Gasteiger partial charge is 0.378 e. The Balaban J connectivity index is 1.53. The average molecular weight is 343 g/mol. The molecule has 1 aromatic carbocycles. The molecule has 0 radical (unpaired) electrons. The Morgan fingerprint density at radius 1 is 1.28 bits per heavy atom. The molecule has 1 saturated heterocycles. The molecule has 136 valence electrons. The van der Waals surface area contributed by atoms with Crippen LogP contribution in [-0.4, -0.2) is 56.2 Å². The summed E-state index contributed by atoms with van der Waals surface area (Å²) >= 11 is 0. The highest BCUT2D eigenvalue weighted by molar-refractivity contribution is 5.92. The number of hydrogen-bond donors (Lipinski definition) is 1. The number of hydrogen-bond acceptors (Lipinski definition) is 4. The van der Waals surface area contributed by atoms with Crippen molar-refractivity contribution >= 4 is 17.3 Å². The van der Waals surface area contributed by atoms with Gasteiger partial charge in [0, 0.05) is 30.5 Å². The summed E-state index contributed by atoms with van der Waals surface area (Å²) in [6, 6.07) is 8.51. The molecular formula is C20H29N3O2. The van der Waals surface area contributed by atoms with Crippen molar-refractivity contribution in [2.45, 2.75) is 32.2 Å². The Bertz CT molecular complexity index is 579. The van der Waals surface area contributed by atoms with Crippen LogP contribution in [0.4, 0.5) is 11.4 Å². The summed E-state index contributed by atoms with van der Waals surface area (Å²) in [6.07, 6.45) is 8.00. The molecule has 2 aliphatic rings. The Hall–Kier alpha value is -1.85. The minimum atomic E-state index is 0.0555. The third-order valence-electron chi connectivity index (χ3n) is 4.98. The molecule has 5 heteroatoms. The van der Waals surface area contributed by atoms with Gasteiger partial charge in [0.25, 0.3) is 0 Å². The van der Waals surface area contributed by atoms with Gasteiger partial charge in [-0.1, -0.05) is 19.1 Å². The van der Waals surface area contributed by atoms with Crippen molar-refractivity contribution in [1.82, 2.24) is 4.90 Å². The molecular weight excluding hydrogens is 314 g/mol. The van der Waals surface area contributed by atoms with Crippen LogP contribution in [0.15, 0.2) is 36.4 Å². The van der Waals surface area contributed by atoms with E-state index < -0.39 is 0 Å². The maximum Gasteiger partial charge on any atom is 0.238 e. The van der Waals surface area contributed by atoms with Gasteiger partial charge in [-0.15, -0.1) is 0 Å². The number of nitrogens with one attached hydrogen (secondary N) is 1. The summed E-state index contributed by atoms with van der Waals surface area (Å²) in [6.45, 7) is 6.85. The van der Waals surface area contributed by atoms with E-state index in [-0.39, 0.29) is 5.91 Å².